The number of anilines is 2. The van der Waals surface area contributed by atoms with Gasteiger partial charge in [-0.1, -0.05) is 11.3 Å². The van der Waals surface area contributed by atoms with Crippen LogP contribution < -0.4 is 15.2 Å². The van der Waals surface area contributed by atoms with E-state index in [1.807, 2.05) is 0 Å². The summed E-state index contributed by atoms with van der Waals surface area (Å²) < 4.78 is 53.7. The number of hydrogen-bond donors (Lipinski definition) is 2. The topological polar surface area (TPSA) is 107 Å². The quantitative estimate of drug-likeness (QED) is 0.864. The van der Waals surface area contributed by atoms with Gasteiger partial charge in [0.1, 0.15) is 5.75 Å². The SMILES string of the molecule is Nc1nnc(S(=O)(=O)Nc2ccc(OC(F)F)cc2)s1. The minimum atomic E-state index is -3.90. The molecule has 20 heavy (non-hydrogen) atoms. The minimum absolute atomic E-state index is 0.0195. The van der Waals surface area contributed by atoms with Crippen LogP contribution in [0, 0.1) is 0 Å². The van der Waals surface area contributed by atoms with Crippen LogP contribution in [0.3, 0.4) is 0 Å². The lowest BCUT2D eigenvalue weighted by Gasteiger charge is -2.07. The highest BCUT2D eigenvalue weighted by Crippen LogP contribution is 2.22. The molecule has 0 amide bonds. The molecule has 0 aliphatic rings. The lowest BCUT2D eigenvalue weighted by molar-refractivity contribution is -0.0498. The van der Waals surface area contributed by atoms with Crippen LogP contribution in [-0.2, 0) is 10.0 Å². The Balaban J connectivity index is 2.13. The summed E-state index contributed by atoms with van der Waals surface area (Å²) in [5.41, 5.74) is 5.47. The molecule has 11 heteroatoms. The zero-order chi connectivity index (χ0) is 14.8. The van der Waals surface area contributed by atoms with Crippen molar-refractivity contribution in [3.05, 3.63) is 24.3 Å². The van der Waals surface area contributed by atoms with Crippen LogP contribution >= 0.6 is 11.3 Å². The van der Waals surface area contributed by atoms with E-state index < -0.39 is 16.6 Å². The normalized spacial score (nSPS) is 11.6. The number of nitrogen functional groups attached to an aromatic ring is 1. The van der Waals surface area contributed by atoms with Gasteiger partial charge in [0.15, 0.2) is 0 Å². The molecule has 0 saturated carbocycles. The van der Waals surface area contributed by atoms with E-state index in [4.69, 9.17) is 5.73 Å². The molecule has 1 aromatic carbocycles. The first-order valence-electron chi connectivity index (χ1n) is 5.03. The van der Waals surface area contributed by atoms with Crippen LogP contribution in [0.2, 0.25) is 0 Å². The molecule has 0 aliphatic carbocycles. The van der Waals surface area contributed by atoms with Gasteiger partial charge in [0, 0.05) is 5.69 Å². The largest absolute Gasteiger partial charge is 0.435 e. The van der Waals surface area contributed by atoms with Crippen molar-refractivity contribution in [3.63, 3.8) is 0 Å². The molecule has 0 saturated heterocycles. The molecule has 0 atom stereocenters. The van der Waals surface area contributed by atoms with Crippen molar-refractivity contribution in [3.8, 4) is 5.75 Å². The van der Waals surface area contributed by atoms with Crippen molar-refractivity contribution in [2.45, 2.75) is 11.0 Å². The van der Waals surface area contributed by atoms with E-state index in [-0.39, 0.29) is 20.9 Å². The lowest BCUT2D eigenvalue weighted by Crippen LogP contribution is -2.12. The molecule has 108 valence electrons. The van der Waals surface area contributed by atoms with Crippen molar-refractivity contribution >= 4 is 32.2 Å². The fraction of sp³-hybridized carbons (Fsp3) is 0.111. The third-order valence-electron chi connectivity index (χ3n) is 1.98. The number of nitrogens with two attached hydrogens (primary N) is 1. The van der Waals surface area contributed by atoms with Crippen molar-refractivity contribution in [2.24, 2.45) is 0 Å². The Kier molecular flexibility index (Phi) is 3.99. The number of aromatic nitrogens is 2. The summed E-state index contributed by atoms with van der Waals surface area (Å²) in [5.74, 6) is -0.0805. The molecule has 2 aromatic rings. The number of nitrogens with zero attached hydrogens (tertiary/aromatic N) is 2. The van der Waals surface area contributed by atoms with Gasteiger partial charge < -0.3 is 10.5 Å². The van der Waals surface area contributed by atoms with Crippen molar-refractivity contribution in [1.29, 1.82) is 0 Å². The fourth-order valence-electron chi connectivity index (χ4n) is 1.23. The maximum absolute atomic E-state index is 12.0. The molecular weight excluding hydrogens is 314 g/mol. The van der Waals surface area contributed by atoms with Crippen LogP contribution in [0.15, 0.2) is 28.6 Å². The standard InChI is InChI=1S/C9H8F2N4O3S2/c10-7(11)18-6-3-1-5(2-4-6)15-20(16,17)9-14-13-8(12)19-9/h1-4,7,15H,(H2,12,13). The molecule has 0 unspecified atom stereocenters. The van der Waals surface area contributed by atoms with Crippen molar-refractivity contribution < 1.29 is 21.9 Å². The van der Waals surface area contributed by atoms with Crippen LogP contribution in [0.1, 0.15) is 0 Å². The molecule has 0 radical (unpaired) electrons. The highest BCUT2D eigenvalue weighted by molar-refractivity contribution is 7.94. The molecule has 1 heterocycles. The average molecular weight is 322 g/mol. The van der Waals surface area contributed by atoms with Crippen molar-refractivity contribution in [2.75, 3.05) is 10.5 Å². The first kappa shape index (κ1) is 14.4. The Morgan fingerprint density at radius 3 is 2.40 bits per heavy atom. The van der Waals surface area contributed by atoms with Crippen molar-refractivity contribution in [1.82, 2.24) is 10.2 Å². The molecule has 3 N–H and O–H groups in total. The molecule has 0 fully saturated rings. The highest BCUT2D eigenvalue weighted by Gasteiger charge is 2.19. The number of hydrogen-bond acceptors (Lipinski definition) is 7. The summed E-state index contributed by atoms with van der Waals surface area (Å²) in [6.07, 6.45) is 0. The number of benzene rings is 1. The third kappa shape index (κ3) is 3.51. The van der Waals surface area contributed by atoms with Gasteiger partial charge in [0.05, 0.1) is 0 Å². The average Bonchev–Trinajstić information content (AvgIpc) is 2.78. The van der Waals surface area contributed by atoms with Gasteiger partial charge in [-0.25, -0.2) is 0 Å². The summed E-state index contributed by atoms with van der Waals surface area (Å²) >= 11 is 0.707. The lowest BCUT2D eigenvalue weighted by atomic mass is 10.3. The van der Waals surface area contributed by atoms with Gasteiger partial charge >= 0.3 is 6.61 Å². The number of rotatable bonds is 5. The van der Waals surface area contributed by atoms with E-state index in [1.54, 1.807) is 0 Å². The summed E-state index contributed by atoms with van der Waals surface area (Å²) in [5, 5.41) is 6.82. The van der Waals surface area contributed by atoms with Gasteiger partial charge in [-0.2, -0.15) is 17.2 Å². The maximum Gasteiger partial charge on any atom is 0.387 e. The molecule has 0 aliphatic heterocycles. The molecule has 1 aromatic heterocycles. The van der Waals surface area contributed by atoms with E-state index in [9.17, 15) is 17.2 Å². The number of ether oxygens (including phenoxy) is 1. The monoisotopic (exact) mass is 322 g/mol. The van der Waals surface area contributed by atoms with Gasteiger partial charge in [-0.3, -0.25) is 4.72 Å². The Hall–Kier alpha value is -2.01. The summed E-state index contributed by atoms with van der Waals surface area (Å²) in [6, 6.07) is 4.97. The van der Waals surface area contributed by atoms with E-state index in [1.165, 1.54) is 24.3 Å². The molecule has 7 nitrogen and oxygen atoms in total. The molecule has 0 spiro atoms. The fourth-order valence-corrected chi connectivity index (χ4v) is 3.08. The highest BCUT2D eigenvalue weighted by atomic mass is 32.2. The Morgan fingerprint density at radius 1 is 1.25 bits per heavy atom. The number of sulfonamides is 1. The predicted molar refractivity (Wildman–Crippen MR) is 68.2 cm³/mol. The van der Waals surface area contributed by atoms with E-state index in [2.05, 4.69) is 19.7 Å². The second-order valence-corrected chi connectivity index (χ2v) is 6.28. The molecule has 2 rings (SSSR count). The van der Waals surface area contributed by atoms with E-state index in [0.717, 1.165) is 0 Å². The van der Waals surface area contributed by atoms with E-state index in [0.29, 0.717) is 11.3 Å². The molecular formula is C9H8F2N4O3S2. The smallest absolute Gasteiger partial charge is 0.387 e. The number of halogens is 2. The second-order valence-electron chi connectivity index (χ2n) is 3.41. The summed E-state index contributed by atoms with van der Waals surface area (Å²) in [4.78, 5) is 0. The number of alkyl halides is 2. The van der Waals surface area contributed by atoms with Crippen LogP contribution in [-0.4, -0.2) is 25.2 Å². The van der Waals surface area contributed by atoms with Gasteiger partial charge in [-0.05, 0) is 24.3 Å². The third-order valence-corrected chi connectivity index (χ3v) is 4.48. The second kappa shape index (κ2) is 5.54. The first-order chi connectivity index (χ1) is 9.37. The maximum atomic E-state index is 12.0. The van der Waals surface area contributed by atoms with Gasteiger partial charge in [0.2, 0.25) is 5.13 Å². The Bertz CT molecular complexity index is 687. The van der Waals surface area contributed by atoms with Crippen LogP contribution in [0.4, 0.5) is 19.6 Å². The summed E-state index contributed by atoms with van der Waals surface area (Å²) in [7, 11) is -3.90. The van der Waals surface area contributed by atoms with E-state index >= 15 is 0 Å². The number of nitrogens with one attached hydrogen (secondary N) is 1. The van der Waals surface area contributed by atoms with Gasteiger partial charge in [-0.15, -0.1) is 10.2 Å². The zero-order valence-corrected chi connectivity index (χ0v) is 11.3. The Morgan fingerprint density at radius 2 is 1.90 bits per heavy atom. The van der Waals surface area contributed by atoms with Gasteiger partial charge in [0.25, 0.3) is 14.4 Å². The van der Waals surface area contributed by atoms with Crippen LogP contribution in [0.25, 0.3) is 0 Å². The molecule has 0 bridgehead atoms. The summed E-state index contributed by atoms with van der Waals surface area (Å²) in [6.45, 7) is -2.94. The Labute approximate surface area is 116 Å². The minimum Gasteiger partial charge on any atom is -0.435 e. The zero-order valence-electron chi connectivity index (χ0n) is 9.66. The first-order valence-corrected chi connectivity index (χ1v) is 7.33. The van der Waals surface area contributed by atoms with Crippen LogP contribution in [0.5, 0.6) is 5.75 Å². The predicted octanol–water partition coefficient (Wildman–Crippen LogP) is 1.52.